The fourth-order valence-electron chi connectivity index (χ4n) is 4.31. The van der Waals surface area contributed by atoms with Gasteiger partial charge >= 0.3 is 6.09 Å². The predicted molar refractivity (Wildman–Crippen MR) is 129 cm³/mol. The molecule has 0 unspecified atom stereocenters. The zero-order valence-corrected chi connectivity index (χ0v) is 21.1. The van der Waals surface area contributed by atoms with E-state index >= 15 is 0 Å². The third-order valence-corrected chi connectivity index (χ3v) is 6.04. The molecule has 1 aromatic carbocycles. The van der Waals surface area contributed by atoms with Gasteiger partial charge < -0.3 is 24.4 Å². The van der Waals surface area contributed by atoms with Crippen LogP contribution in [-0.2, 0) is 22.6 Å². The van der Waals surface area contributed by atoms with Crippen LogP contribution in [0.1, 0.15) is 56.3 Å². The number of fused-ring (bicyclic) bond motifs is 1. The summed E-state index contributed by atoms with van der Waals surface area (Å²) in [6.45, 7) is 10.1. The Morgan fingerprint density at radius 2 is 1.97 bits per heavy atom. The highest BCUT2D eigenvalue weighted by atomic mass is 16.6. The number of likely N-dealkylation sites (N-methyl/N-ethyl adjacent to an activating group) is 1. The van der Waals surface area contributed by atoms with E-state index in [-0.39, 0.29) is 17.9 Å². The van der Waals surface area contributed by atoms with Gasteiger partial charge in [0.05, 0.1) is 13.2 Å². The molecule has 1 N–H and O–H groups in total. The zero-order valence-electron chi connectivity index (χ0n) is 21.1. The number of amides is 2. The summed E-state index contributed by atoms with van der Waals surface area (Å²) in [6, 6.07) is 9.59. The maximum atomic E-state index is 13.1. The quantitative estimate of drug-likeness (QED) is 0.654. The first kappa shape index (κ1) is 25.3. The minimum Gasteiger partial charge on any atom is -0.495 e. The van der Waals surface area contributed by atoms with Crippen LogP contribution in [0, 0.1) is 12.8 Å². The number of hydrogen-bond donors (Lipinski definition) is 1. The van der Waals surface area contributed by atoms with E-state index in [0.717, 1.165) is 28.3 Å². The van der Waals surface area contributed by atoms with Crippen molar-refractivity contribution < 1.29 is 23.8 Å². The first-order valence-electron chi connectivity index (χ1n) is 11.5. The molecule has 0 radical (unpaired) electrons. The fourth-order valence-corrected chi connectivity index (χ4v) is 4.31. The van der Waals surface area contributed by atoms with Gasteiger partial charge in [0.15, 0.2) is 5.60 Å². The van der Waals surface area contributed by atoms with Crippen LogP contribution >= 0.6 is 0 Å². The SMILES string of the molecule is CNC(=O)C(C)(C)OC(=O)N1CCc2cc(OCc3nc(C)ccc3OC)ccc2[C@@H]1C(C)C. The molecule has 184 valence electrons. The number of hydrogen-bond acceptors (Lipinski definition) is 6. The Kier molecular flexibility index (Phi) is 7.69. The Bertz CT molecular complexity index is 1050. The van der Waals surface area contributed by atoms with Gasteiger partial charge in [-0.15, -0.1) is 0 Å². The number of aryl methyl sites for hydroxylation is 1. The van der Waals surface area contributed by atoms with Gasteiger partial charge in [-0.05, 0) is 68.5 Å². The molecule has 0 bridgehead atoms. The highest BCUT2D eigenvalue weighted by Crippen LogP contribution is 2.38. The average Bonchev–Trinajstić information content (AvgIpc) is 2.80. The molecule has 2 aromatic rings. The van der Waals surface area contributed by atoms with Crippen molar-refractivity contribution in [2.24, 2.45) is 5.92 Å². The number of ether oxygens (including phenoxy) is 3. The molecule has 34 heavy (non-hydrogen) atoms. The third-order valence-electron chi connectivity index (χ3n) is 6.04. The molecule has 3 rings (SSSR count). The van der Waals surface area contributed by atoms with Crippen molar-refractivity contribution in [3.05, 3.63) is 52.8 Å². The standard InChI is InChI=1S/C26H35N3O5/c1-16(2)23-20-10-9-19(33-15-21-22(32-7)11-8-17(3)28-21)14-18(20)12-13-29(23)25(31)34-26(4,5)24(30)27-6/h8-11,14,16,23H,12-13,15H2,1-7H3,(H,27,30)/t23-/m0/s1. The molecule has 8 heteroatoms. The average molecular weight is 470 g/mol. The van der Waals surface area contributed by atoms with E-state index in [9.17, 15) is 9.59 Å². The van der Waals surface area contributed by atoms with Gasteiger partial charge in [-0.1, -0.05) is 19.9 Å². The molecule has 0 spiro atoms. The van der Waals surface area contributed by atoms with E-state index in [4.69, 9.17) is 14.2 Å². The number of rotatable bonds is 7. The highest BCUT2D eigenvalue weighted by Gasteiger charge is 2.38. The van der Waals surface area contributed by atoms with Crippen molar-refractivity contribution in [2.45, 2.75) is 59.3 Å². The number of pyridine rings is 1. The van der Waals surface area contributed by atoms with E-state index in [2.05, 4.69) is 24.1 Å². The lowest BCUT2D eigenvalue weighted by Gasteiger charge is -2.40. The summed E-state index contributed by atoms with van der Waals surface area (Å²) in [5.74, 6) is 1.24. The maximum Gasteiger partial charge on any atom is 0.411 e. The van der Waals surface area contributed by atoms with Crippen LogP contribution < -0.4 is 14.8 Å². The smallest absolute Gasteiger partial charge is 0.411 e. The molecule has 1 aromatic heterocycles. The van der Waals surface area contributed by atoms with Crippen LogP contribution in [0.3, 0.4) is 0 Å². The van der Waals surface area contributed by atoms with Gasteiger partial charge in [0.1, 0.15) is 23.8 Å². The van der Waals surface area contributed by atoms with Crippen LogP contribution in [0.15, 0.2) is 30.3 Å². The fraction of sp³-hybridized carbons (Fsp3) is 0.500. The van der Waals surface area contributed by atoms with Crippen molar-refractivity contribution in [3.63, 3.8) is 0 Å². The van der Waals surface area contributed by atoms with Gasteiger partial charge in [-0.25, -0.2) is 4.79 Å². The largest absolute Gasteiger partial charge is 0.495 e. The minimum absolute atomic E-state index is 0.155. The third kappa shape index (κ3) is 5.43. The van der Waals surface area contributed by atoms with E-state index in [1.54, 1.807) is 25.9 Å². The van der Waals surface area contributed by atoms with E-state index in [1.165, 1.54) is 7.05 Å². The molecule has 2 heterocycles. The van der Waals surface area contributed by atoms with Crippen LogP contribution in [0.25, 0.3) is 0 Å². The van der Waals surface area contributed by atoms with Crippen molar-refractivity contribution in [1.82, 2.24) is 15.2 Å². The summed E-state index contributed by atoms with van der Waals surface area (Å²) >= 11 is 0. The molecule has 8 nitrogen and oxygen atoms in total. The number of aromatic nitrogens is 1. The number of nitrogens with zero attached hydrogens (tertiary/aromatic N) is 2. The van der Waals surface area contributed by atoms with Crippen molar-refractivity contribution in [2.75, 3.05) is 20.7 Å². The summed E-state index contributed by atoms with van der Waals surface area (Å²) in [4.78, 5) is 31.4. The lowest BCUT2D eigenvalue weighted by atomic mass is 9.86. The number of carbonyl (C=O) groups excluding carboxylic acids is 2. The van der Waals surface area contributed by atoms with Crippen molar-refractivity contribution in [1.29, 1.82) is 0 Å². The van der Waals surface area contributed by atoms with E-state index in [1.807, 2.05) is 37.3 Å². The predicted octanol–water partition coefficient (Wildman–Crippen LogP) is 4.19. The van der Waals surface area contributed by atoms with Gasteiger partial charge in [0.25, 0.3) is 5.91 Å². The summed E-state index contributed by atoms with van der Waals surface area (Å²) in [6.07, 6.45) is 0.174. The maximum absolute atomic E-state index is 13.1. The molecular weight excluding hydrogens is 434 g/mol. The lowest BCUT2D eigenvalue weighted by molar-refractivity contribution is -0.137. The van der Waals surface area contributed by atoms with E-state index < -0.39 is 11.7 Å². The number of nitrogens with one attached hydrogen (secondary N) is 1. The van der Waals surface area contributed by atoms with Gasteiger partial charge in [0.2, 0.25) is 0 Å². The second-order valence-electron chi connectivity index (χ2n) is 9.34. The molecule has 2 amide bonds. The summed E-state index contributed by atoms with van der Waals surface area (Å²) < 4.78 is 17.0. The van der Waals surface area contributed by atoms with Gasteiger partial charge in [0, 0.05) is 19.3 Å². The summed E-state index contributed by atoms with van der Waals surface area (Å²) in [5, 5.41) is 2.54. The monoisotopic (exact) mass is 469 g/mol. The van der Waals surface area contributed by atoms with Crippen LogP contribution in [0.2, 0.25) is 0 Å². The topological polar surface area (TPSA) is 90.0 Å². The minimum atomic E-state index is -1.25. The normalized spacial score (nSPS) is 15.5. The molecule has 0 aliphatic carbocycles. The van der Waals surface area contributed by atoms with E-state index in [0.29, 0.717) is 25.3 Å². The zero-order chi connectivity index (χ0) is 25.0. The van der Waals surface area contributed by atoms with Gasteiger partial charge in [-0.2, -0.15) is 0 Å². The first-order valence-corrected chi connectivity index (χ1v) is 11.5. The summed E-state index contributed by atoms with van der Waals surface area (Å²) in [5.41, 5.74) is 2.59. The number of methoxy groups -OCH3 is 1. The molecule has 0 saturated carbocycles. The first-order chi connectivity index (χ1) is 16.1. The molecule has 1 aliphatic rings. The Morgan fingerprint density at radius 1 is 1.24 bits per heavy atom. The van der Waals surface area contributed by atoms with Crippen LogP contribution in [0.4, 0.5) is 4.79 Å². The van der Waals surface area contributed by atoms with Crippen LogP contribution in [-0.4, -0.2) is 48.2 Å². The Hall–Kier alpha value is -3.29. The van der Waals surface area contributed by atoms with Crippen molar-refractivity contribution >= 4 is 12.0 Å². The van der Waals surface area contributed by atoms with Crippen LogP contribution in [0.5, 0.6) is 11.5 Å². The Morgan fingerprint density at radius 3 is 2.62 bits per heavy atom. The number of carbonyl (C=O) groups is 2. The second-order valence-corrected chi connectivity index (χ2v) is 9.34. The second kappa shape index (κ2) is 10.3. The molecule has 0 saturated heterocycles. The lowest BCUT2D eigenvalue weighted by Crippen LogP contribution is -2.49. The Labute approximate surface area is 201 Å². The Balaban J connectivity index is 1.79. The highest BCUT2D eigenvalue weighted by molar-refractivity contribution is 5.86. The molecule has 1 atom stereocenters. The van der Waals surface area contributed by atoms with Gasteiger partial charge in [-0.3, -0.25) is 9.78 Å². The molecule has 0 fully saturated rings. The number of benzene rings is 1. The molecule has 1 aliphatic heterocycles. The van der Waals surface area contributed by atoms with Crippen molar-refractivity contribution in [3.8, 4) is 11.5 Å². The summed E-state index contributed by atoms with van der Waals surface area (Å²) in [7, 11) is 3.14. The molecular formula is C26H35N3O5.